The number of hydrogen-bond acceptors (Lipinski definition) is 3. The summed E-state index contributed by atoms with van der Waals surface area (Å²) < 4.78 is 26.6. The molecular weight excluding hydrogens is 344 g/mol. The van der Waals surface area contributed by atoms with E-state index in [0.29, 0.717) is 4.47 Å². The molecule has 1 amide bonds. The summed E-state index contributed by atoms with van der Waals surface area (Å²) in [6.07, 6.45) is 0. The first-order chi connectivity index (χ1) is 8.25. The number of carbonyl (C=O) groups is 1. The second-order valence-corrected chi connectivity index (χ2v) is 6.63. The lowest BCUT2D eigenvalue weighted by Crippen LogP contribution is -2.36. The maximum atomic E-state index is 12.0. The predicted molar refractivity (Wildman–Crippen MR) is 73.0 cm³/mol. The first-order valence-electron chi connectivity index (χ1n) is 4.89. The molecule has 0 fully saturated rings. The van der Waals surface area contributed by atoms with Crippen LogP contribution in [-0.4, -0.2) is 39.9 Å². The molecule has 1 aromatic rings. The molecule has 0 saturated carbocycles. The van der Waals surface area contributed by atoms with E-state index in [0.717, 1.165) is 0 Å². The Hall–Kier alpha value is -0.630. The van der Waals surface area contributed by atoms with Gasteiger partial charge >= 0.3 is 0 Å². The summed E-state index contributed by atoms with van der Waals surface area (Å²) in [5.74, 6) is -0.346. The van der Waals surface area contributed by atoms with Crippen LogP contribution >= 0.6 is 27.5 Å². The molecule has 0 aliphatic carbocycles. The van der Waals surface area contributed by atoms with Gasteiger partial charge in [-0.2, -0.15) is 0 Å². The van der Waals surface area contributed by atoms with Crippen molar-refractivity contribution in [3.05, 3.63) is 27.7 Å². The standard InChI is InChI=1S/C10H12BrClN2O3S/c1-14(2)9(15)6-13-18(16,17)10-7(11)4-3-5-8(10)12/h3-5,13H,6H2,1-2H3. The van der Waals surface area contributed by atoms with Crippen molar-refractivity contribution in [2.45, 2.75) is 4.90 Å². The molecule has 0 aliphatic heterocycles. The predicted octanol–water partition coefficient (Wildman–Crippen LogP) is 1.47. The second-order valence-electron chi connectivity index (χ2n) is 3.66. The van der Waals surface area contributed by atoms with Crippen LogP contribution in [0.3, 0.4) is 0 Å². The van der Waals surface area contributed by atoms with Crippen molar-refractivity contribution in [3.8, 4) is 0 Å². The number of sulfonamides is 1. The molecule has 0 spiro atoms. The van der Waals surface area contributed by atoms with Crippen molar-refractivity contribution in [1.29, 1.82) is 0 Å². The SMILES string of the molecule is CN(C)C(=O)CNS(=O)(=O)c1c(Cl)cccc1Br. The van der Waals surface area contributed by atoms with Gasteiger partial charge in [0.15, 0.2) is 0 Å². The van der Waals surface area contributed by atoms with Crippen LogP contribution in [-0.2, 0) is 14.8 Å². The highest BCUT2D eigenvalue weighted by molar-refractivity contribution is 9.10. The van der Waals surface area contributed by atoms with Crippen LogP contribution in [0.1, 0.15) is 0 Å². The van der Waals surface area contributed by atoms with Gasteiger partial charge in [-0.15, -0.1) is 0 Å². The van der Waals surface area contributed by atoms with Gasteiger partial charge in [0.1, 0.15) is 4.90 Å². The maximum Gasteiger partial charge on any atom is 0.243 e. The number of halogens is 2. The lowest BCUT2D eigenvalue weighted by Gasteiger charge is -2.12. The van der Waals surface area contributed by atoms with Crippen LogP contribution in [0.25, 0.3) is 0 Å². The monoisotopic (exact) mass is 354 g/mol. The Labute approximate surface area is 119 Å². The highest BCUT2D eigenvalue weighted by Gasteiger charge is 2.22. The van der Waals surface area contributed by atoms with E-state index in [9.17, 15) is 13.2 Å². The molecule has 0 bridgehead atoms. The minimum absolute atomic E-state index is 0.0711. The quantitative estimate of drug-likeness (QED) is 0.889. The largest absolute Gasteiger partial charge is 0.348 e. The molecule has 5 nitrogen and oxygen atoms in total. The highest BCUT2D eigenvalue weighted by Crippen LogP contribution is 2.28. The van der Waals surface area contributed by atoms with E-state index in [-0.39, 0.29) is 22.4 Å². The molecule has 1 N–H and O–H groups in total. The first-order valence-corrected chi connectivity index (χ1v) is 7.55. The van der Waals surface area contributed by atoms with Gasteiger partial charge in [0.25, 0.3) is 0 Å². The van der Waals surface area contributed by atoms with Gasteiger partial charge in [0.2, 0.25) is 15.9 Å². The number of amides is 1. The minimum atomic E-state index is -3.83. The van der Waals surface area contributed by atoms with Gasteiger partial charge in [-0.05, 0) is 28.1 Å². The Balaban J connectivity index is 2.98. The molecular formula is C10H12BrClN2O3S. The lowest BCUT2D eigenvalue weighted by molar-refractivity contribution is -0.127. The molecule has 1 aromatic carbocycles. The number of nitrogens with one attached hydrogen (secondary N) is 1. The van der Waals surface area contributed by atoms with Crippen LogP contribution in [0.2, 0.25) is 5.02 Å². The summed E-state index contributed by atoms with van der Waals surface area (Å²) in [6.45, 7) is -0.313. The normalized spacial score (nSPS) is 11.3. The van der Waals surface area contributed by atoms with E-state index in [2.05, 4.69) is 20.7 Å². The van der Waals surface area contributed by atoms with Crippen LogP contribution in [0.15, 0.2) is 27.6 Å². The zero-order chi connectivity index (χ0) is 13.9. The zero-order valence-electron chi connectivity index (χ0n) is 9.78. The molecule has 0 saturated heterocycles. The van der Waals surface area contributed by atoms with Crippen LogP contribution in [0, 0.1) is 0 Å². The van der Waals surface area contributed by atoms with Crippen molar-refractivity contribution in [1.82, 2.24) is 9.62 Å². The molecule has 0 aromatic heterocycles. The van der Waals surface area contributed by atoms with Gasteiger partial charge < -0.3 is 4.90 Å². The van der Waals surface area contributed by atoms with Crippen molar-refractivity contribution in [3.63, 3.8) is 0 Å². The molecule has 0 aliphatic rings. The number of benzene rings is 1. The Morgan fingerprint density at radius 2 is 2.06 bits per heavy atom. The Morgan fingerprint density at radius 3 is 2.56 bits per heavy atom. The van der Waals surface area contributed by atoms with E-state index < -0.39 is 10.0 Å². The molecule has 0 unspecified atom stereocenters. The third-order valence-electron chi connectivity index (χ3n) is 2.10. The zero-order valence-corrected chi connectivity index (χ0v) is 12.9. The maximum absolute atomic E-state index is 12.0. The summed E-state index contributed by atoms with van der Waals surface area (Å²) in [5, 5.41) is 0.0918. The van der Waals surface area contributed by atoms with Gasteiger partial charge in [-0.25, -0.2) is 13.1 Å². The fourth-order valence-corrected chi connectivity index (χ4v) is 3.83. The molecule has 8 heteroatoms. The Kier molecular flexibility index (Phi) is 5.15. The molecule has 0 atom stereocenters. The van der Waals surface area contributed by atoms with Gasteiger partial charge in [-0.1, -0.05) is 17.7 Å². The fourth-order valence-electron chi connectivity index (χ4n) is 1.13. The fraction of sp³-hybridized carbons (Fsp3) is 0.300. The van der Waals surface area contributed by atoms with E-state index in [4.69, 9.17) is 11.6 Å². The smallest absolute Gasteiger partial charge is 0.243 e. The third-order valence-corrected chi connectivity index (χ3v) is 4.95. The molecule has 1 rings (SSSR count). The number of likely N-dealkylation sites (N-methyl/N-ethyl adjacent to an activating group) is 1. The van der Waals surface area contributed by atoms with Crippen LogP contribution in [0.4, 0.5) is 0 Å². The van der Waals surface area contributed by atoms with Crippen molar-refractivity contribution < 1.29 is 13.2 Å². The van der Waals surface area contributed by atoms with Crippen molar-refractivity contribution in [2.75, 3.05) is 20.6 Å². The summed E-state index contributed by atoms with van der Waals surface area (Å²) in [4.78, 5) is 12.6. The lowest BCUT2D eigenvalue weighted by atomic mass is 10.4. The summed E-state index contributed by atoms with van der Waals surface area (Å²) >= 11 is 8.97. The number of carbonyl (C=O) groups excluding carboxylic acids is 1. The second kappa shape index (κ2) is 6.01. The van der Waals surface area contributed by atoms with Crippen molar-refractivity contribution in [2.24, 2.45) is 0 Å². The van der Waals surface area contributed by atoms with Crippen LogP contribution < -0.4 is 4.72 Å². The summed E-state index contributed by atoms with van der Waals surface area (Å²) in [6, 6.07) is 4.65. The minimum Gasteiger partial charge on any atom is -0.348 e. The number of nitrogens with zero attached hydrogens (tertiary/aromatic N) is 1. The van der Waals surface area contributed by atoms with E-state index in [1.807, 2.05) is 0 Å². The van der Waals surface area contributed by atoms with Gasteiger partial charge in [-0.3, -0.25) is 4.79 Å². The number of rotatable bonds is 4. The van der Waals surface area contributed by atoms with Crippen LogP contribution in [0.5, 0.6) is 0 Å². The third kappa shape index (κ3) is 3.68. The van der Waals surface area contributed by atoms with Gasteiger partial charge in [0.05, 0.1) is 11.6 Å². The number of hydrogen-bond donors (Lipinski definition) is 1. The summed E-state index contributed by atoms with van der Waals surface area (Å²) in [7, 11) is -0.739. The van der Waals surface area contributed by atoms with Crippen molar-refractivity contribution >= 4 is 43.5 Å². The Morgan fingerprint density at radius 1 is 1.44 bits per heavy atom. The molecule has 18 heavy (non-hydrogen) atoms. The summed E-state index contributed by atoms with van der Waals surface area (Å²) in [5.41, 5.74) is 0. The van der Waals surface area contributed by atoms with Gasteiger partial charge in [0, 0.05) is 18.6 Å². The van der Waals surface area contributed by atoms with E-state index in [1.54, 1.807) is 26.2 Å². The first kappa shape index (κ1) is 15.4. The molecule has 0 heterocycles. The highest BCUT2D eigenvalue weighted by atomic mass is 79.9. The van der Waals surface area contributed by atoms with E-state index in [1.165, 1.54) is 11.0 Å². The Bertz CT molecular complexity index is 540. The average Bonchev–Trinajstić information content (AvgIpc) is 2.25. The topological polar surface area (TPSA) is 66.5 Å². The molecule has 0 radical (unpaired) electrons. The average molecular weight is 356 g/mol. The molecule has 100 valence electrons. The van der Waals surface area contributed by atoms with E-state index >= 15 is 0 Å².